The van der Waals surface area contributed by atoms with E-state index in [0.717, 1.165) is 11.3 Å². The van der Waals surface area contributed by atoms with Gasteiger partial charge in [-0.1, -0.05) is 24.3 Å². The molecular formula is C20H20N2O3. The van der Waals surface area contributed by atoms with Gasteiger partial charge in [-0.15, -0.1) is 0 Å². The Bertz CT molecular complexity index is 773. The molecule has 2 aromatic heterocycles. The lowest BCUT2D eigenvalue weighted by atomic mass is 10.2. The molecule has 0 bridgehead atoms. The van der Waals surface area contributed by atoms with E-state index in [4.69, 9.17) is 9.15 Å². The molecule has 0 saturated heterocycles. The van der Waals surface area contributed by atoms with Crippen LogP contribution in [0.3, 0.4) is 0 Å². The fourth-order valence-corrected chi connectivity index (χ4v) is 2.53. The molecule has 1 atom stereocenters. The molecule has 3 aromatic rings. The van der Waals surface area contributed by atoms with E-state index in [-0.39, 0.29) is 5.91 Å². The molecule has 1 unspecified atom stereocenters. The number of nitrogens with zero attached hydrogens (tertiary/aromatic N) is 2. The van der Waals surface area contributed by atoms with Gasteiger partial charge < -0.3 is 14.1 Å². The van der Waals surface area contributed by atoms with Crippen molar-refractivity contribution in [2.75, 3.05) is 0 Å². The Balaban J connectivity index is 1.73. The lowest BCUT2D eigenvalue weighted by Crippen LogP contribution is -2.39. The van der Waals surface area contributed by atoms with Crippen LogP contribution >= 0.6 is 0 Å². The normalized spacial score (nSPS) is 11.7. The molecule has 0 saturated carbocycles. The number of para-hydroxylation sites is 1. The average molecular weight is 336 g/mol. The molecule has 0 spiro atoms. The summed E-state index contributed by atoms with van der Waals surface area (Å²) in [5.41, 5.74) is 0.953. The van der Waals surface area contributed by atoms with Crippen LogP contribution in [0.1, 0.15) is 18.2 Å². The van der Waals surface area contributed by atoms with Crippen LogP contribution in [0.4, 0.5) is 0 Å². The summed E-state index contributed by atoms with van der Waals surface area (Å²) in [5, 5.41) is 0. The summed E-state index contributed by atoms with van der Waals surface area (Å²) in [6.45, 7) is 2.58. The van der Waals surface area contributed by atoms with Crippen LogP contribution in [0.5, 0.6) is 5.75 Å². The standard InChI is InChI=1S/C20H20N2O3/c1-16(25-18-8-3-2-4-9-18)20(23)22(15-19-10-6-12-24-19)14-17-7-5-11-21-13-17/h2-13,16H,14-15H2,1H3. The van der Waals surface area contributed by atoms with Gasteiger partial charge >= 0.3 is 0 Å². The smallest absolute Gasteiger partial charge is 0.264 e. The number of furan rings is 1. The van der Waals surface area contributed by atoms with Crippen LogP contribution in [-0.4, -0.2) is 21.9 Å². The molecule has 1 amide bonds. The van der Waals surface area contributed by atoms with Gasteiger partial charge in [0.05, 0.1) is 12.8 Å². The third kappa shape index (κ3) is 4.70. The highest BCUT2D eigenvalue weighted by molar-refractivity contribution is 5.80. The second-order valence-electron chi connectivity index (χ2n) is 5.71. The predicted molar refractivity (Wildman–Crippen MR) is 93.7 cm³/mol. The molecule has 128 valence electrons. The monoisotopic (exact) mass is 336 g/mol. The van der Waals surface area contributed by atoms with Gasteiger partial charge in [0.15, 0.2) is 6.10 Å². The highest BCUT2D eigenvalue weighted by Crippen LogP contribution is 2.15. The number of carbonyl (C=O) groups is 1. The zero-order valence-corrected chi connectivity index (χ0v) is 14.0. The quantitative estimate of drug-likeness (QED) is 0.660. The Hall–Kier alpha value is -3.08. The average Bonchev–Trinajstić information content (AvgIpc) is 3.15. The third-order valence-electron chi connectivity index (χ3n) is 3.74. The van der Waals surface area contributed by atoms with Gasteiger partial charge in [0.2, 0.25) is 0 Å². The van der Waals surface area contributed by atoms with Crippen molar-refractivity contribution >= 4 is 5.91 Å². The number of hydrogen-bond acceptors (Lipinski definition) is 4. The number of ether oxygens (including phenoxy) is 1. The summed E-state index contributed by atoms with van der Waals surface area (Å²) in [6, 6.07) is 16.8. The van der Waals surface area contributed by atoms with Crippen molar-refractivity contribution in [1.82, 2.24) is 9.88 Å². The van der Waals surface area contributed by atoms with Crippen molar-refractivity contribution < 1.29 is 13.9 Å². The summed E-state index contributed by atoms with van der Waals surface area (Å²) in [5.74, 6) is 1.29. The van der Waals surface area contributed by atoms with E-state index in [2.05, 4.69) is 4.98 Å². The van der Waals surface area contributed by atoms with E-state index in [9.17, 15) is 4.79 Å². The summed E-state index contributed by atoms with van der Waals surface area (Å²) in [4.78, 5) is 18.7. The fourth-order valence-electron chi connectivity index (χ4n) is 2.53. The summed E-state index contributed by atoms with van der Waals surface area (Å²) < 4.78 is 11.2. The Kier molecular flexibility index (Phi) is 5.46. The Labute approximate surface area is 146 Å². The van der Waals surface area contributed by atoms with E-state index in [1.165, 1.54) is 0 Å². The van der Waals surface area contributed by atoms with Gasteiger partial charge in [-0.3, -0.25) is 9.78 Å². The number of aromatic nitrogens is 1. The molecule has 0 aliphatic carbocycles. The first-order valence-corrected chi connectivity index (χ1v) is 8.14. The van der Waals surface area contributed by atoms with Crippen LogP contribution in [0, 0.1) is 0 Å². The molecule has 2 heterocycles. The summed E-state index contributed by atoms with van der Waals surface area (Å²) in [7, 11) is 0. The highest BCUT2D eigenvalue weighted by Gasteiger charge is 2.23. The van der Waals surface area contributed by atoms with Crippen molar-refractivity contribution in [1.29, 1.82) is 0 Å². The fraction of sp³-hybridized carbons (Fsp3) is 0.200. The molecule has 1 aromatic carbocycles. The first kappa shape index (κ1) is 16.8. The van der Waals surface area contributed by atoms with Gasteiger partial charge in [-0.05, 0) is 42.8 Å². The molecule has 0 fully saturated rings. The Morgan fingerprint density at radius 1 is 1.12 bits per heavy atom. The van der Waals surface area contributed by atoms with E-state index in [1.54, 1.807) is 30.5 Å². The SMILES string of the molecule is CC(Oc1ccccc1)C(=O)N(Cc1cccnc1)Cc1ccco1. The first-order chi connectivity index (χ1) is 12.2. The van der Waals surface area contributed by atoms with Gasteiger partial charge in [-0.25, -0.2) is 0 Å². The molecule has 0 aliphatic heterocycles. The largest absolute Gasteiger partial charge is 0.481 e. The second kappa shape index (κ2) is 8.15. The van der Waals surface area contributed by atoms with Gasteiger partial charge in [-0.2, -0.15) is 0 Å². The molecule has 3 rings (SSSR count). The van der Waals surface area contributed by atoms with Crippen molar-refractivity contribution in [3.8, 4) is 5.75 Å². The number of rotatable bonds is 7. The maximum Gasteiger partial charge on any atom is 0.264 e. The maximum atomic E-state index is 12.9. The summed E-state index contributed by atoms with van der Waals surface area (Å²) >= 11 is 0. The molecular weight excluding hydrogens is 316 g/mol. The molecule has 25 heavy (non-hydrogen) atoms. The van der Waals surface area contributed by atoms with Crippen molar-refractivity contribution in [2.45, 2.75) is 26.1 Å². The van der Waals surface area contributed by atoms with Crippen LogP contribution in [0.15, 0.2) is 77.7 Å². The molecule has 5 nitrogen and oxygen atoms in total. The van der Waals surface area contributed by atoms with Crippen LogP contribution in [0.25, 0.3) is 0 Å². The molecule has 0 N–H and O–H groups in total. The Morgan fingerprint density at radius 3 is 2.64 bits per heavy atom. The zero-order chi connectivity index (χ0) is 17.5. The van der Waals surface area contributed by atoms with Crippen molar-refractivity contribution in [3.63, 3.8) is 0 Å². The van der Waals surface area contributed by atoms with Gasteiger partial charge in [0.25, 0.3) is 5.91 Å². The van der Waals surface area contributed by atoms with Gasteiger partial charge in [0.1, 0.15) is 11.5 Å². The minimum Gasteiger partial charge on any atom is -0.481 e. The van der Waals surface area contributed by atoms with E-state index >= 15 is 0 Å². The minimum absolute atomic E-state index is 0.107. The maximum absolute atomic E-state index is 12.9. The Morgan fingerprint density at radius 2 is 1.96 bits per heavy atom. The number of carbonyl (C=O) groups excluding carboxylic acids is 1. The third-order valence-corrected chi connectivity index (χ3v) is 3.74. The number of hydrogen-bond donors (Lipinski definition) is 0. The lowest BCUT2D eigenvalue weighted by Gasteiger charge is -2.25. The van der Waals surface area contributed by atoms with Crippen LogP contribution < -0.4 is 4.74 Å². The molecule has 0 aliphatic rings. The predicted octanol–water partition coefficient (Wildman–Crippen LogP) is 3.67. The summed E-state index contributed by atoms with van der Waals surface area (Å²) in [6.07, 6.45) is 4.47. The van der Waals surface area contributed by atoms with Crippen LogP contribution in [0.2, 0.25) is 0 Å². The van der Waals surface area contributed by atoms with E-state index in [0.29, 0.717) is 18.8 Å². The number of amides is 1. The number of benzene rings is 1. The lowest BCUT2D eigenvalue weighted by molar-refractivity contribution is -0.139. The van der Waals surface area contributed by atoms with Gasteiger partial charge in [0, 0.05) is 18.9 Å². The molecule has 0 radical (unpaired) electrons. The zero-order valence-electron chi connectivity index (χ0n) is 14.0. The van der Waals surface area contributed by atoms with E-state index < -0.39 is 6.10 Å². The topological polar surface area (TPSA) is 55.6 Å². The molecule has 5 heteroatoms. The van der Waals surface area contributed by atoms with Crippen molar-refractivity contribution in [3.05, 3.63) is 84.6 Å². The minimum atomic E-state index is -0.603. The first-order valence-electron chi connectivity index (χ1n) is 8.14. The van der Waals surface area contributed by atoms with Crippen molar-refractivity contribution in [2.24, 2.45) is 0 Å². The number of pyridine rings is 1. The van der Waals surface area contributed by atoms with E-state index in [1.807, 2.05) is 54.6 Å². The van der Waals surface area contributed by atoms with Crippen LogP contribution in [-0.2, 0) is 17.9 Å². The second-order valence-corrected chi connectivity index (χ2v) is 5.71. The highest BCUT2D eigenvalue weighted by atomic mass is 16.5.